The van der Waals surface area contributed by atoms with Gasteiger partial charge in [-0.25, -0.2) is 0 Å². The number of nitrogens with one attached hydrogen (secondary N) is 2. The van der Waals surface area contributed by atoms with Gasteiger partial charge in [0.05, 0.1) is 30.3 Å². The van der Waals surface area contributed by atoms with Crippen LogP contribution in [0.3, 0.4) is 0 Å². The first-order valence-electron chi connectivity index (χ1n) is 7.08. The fraction of sp³-hybridized carbons (Fsp3) is 0.0588. The molecule has 122 valence electrons. The molecule has 0 aliphatic rings. The molecule has 2 N–H and O–H groups in total. The third kappa shape index (κ3) is 3.85. The SMILES string of the molecule is O=C(Nc1ccc(I)cc1C(=O)NCc1ccco1)c1ccco1. The number of carbonyl (C=O) groups is 2. The number of anilines is 1. The third-order valence-electron chi connectivity index (χ3n) is 3.22. The maximum Gasteiger partial charge on any atom is 0.291 e. The Kier molecular flexibility index (Phi) is 4.99. The largest absolute Gasteiger partial charge is 0.467 e. The zero-order chi connectivity index (χ0) is 16.9. The molecule has 1 aromatic carbocycles. The summed E-state index contributed by atoms with van der Waals surface area (Å²) >= 11 is 2.11. The van der Waals surface area contributed by atoms with E-state index in [4.69, 9.17) is 8.83 Å². The number of furan rings is 2. The van der Waals surface area contributed by atoms with Crippen LogP contribution in [-0.4, -0.2) is 11.8 Å². The molecule has 2 aromatic heterocycles. The number of benzene rings is 1. The second-order valence-electron chi connectivity index (χ2n) is 4.88. The van der Waals surface area contributed by atoms with Gasteiger partial charge in [-0.05, 0) is 65.1 Å². The fourth-order valence-electron chi connectivity index (χ4n) is 2.08. The van der Waals surface area contributed by atoms with Gasteiger partial charge in [0.25, 0.3) is 11.8 Å². The van der Waals surface area contributed by atoms with Crippen molar-refractivity contribution in [2.45, 2.75) is 6.54 Å². The molecule has 0 aliphatic heterocycles. The summed E-state index contributed by atoms with van der Waals surface area (Å²) in [7, 11) is 0. The summed E-state index contributed by atoms with van der Waals surface area (Å²) in [4.78, 5) is 24.6. The summed E-state index contributed by atoms with van der Waals surface area (Å²) in [6.45, 7) is 0.267. The van der Waals surface area contributed by atoms with Gasteiger partial charge in [0.2, 0.25) is 0 Å². The van der Waals surface area contributed by atoms with E-state index in [-0.39, 0.29) is 18.2 Å². The lowest BCUT2D eigenvalue weighted by atomic mass is 10.1. The quantitative estimate of drug-likeness (QED) is 0.598. The van der Waals surface area contributed by atoms with Crippen LogP contribution in [-0.2, 0) is 6.54 Å². The van der Waals surface area contributed by atoms with Crippen LogP contribution in [0.2, 0.25) is 0 Å². The van der Waals surface area contributed by atoms with Crippen molar-refractivity contribution in [3.8, 4) is 0 Å². The maximum atomic E-state index is 12.5. The smallest absolute Gasteiger partial charge is 0.291 e. The highest BCUT2D eigenvalue weighted by Crippen LogP contribution is 2.20. The van der Waals surface area contributed by atoms with Crippen molar-refractivity contribution in [2.24, 2.45) is 0 Å². The van der Waals surface area contributed by atoms with Gasteiger partial charge in [-0.2, -0.15) is 0 Å². The van der Waals surface area contributed by atoms with E-state index in [9.17, 15) is 9.59 Å². The van der Waals surface area contributed by atoms with Gasteiger partial charge in [0.15, 0.2) is 5.76 Å². The topological polar surface area (TPSA) is 84.5 Å². The fourth-order valence-corrected chi connectivity index (χ4v) is 2.57. The Bertz CT molecular complexity index is 842. The van der Waals surface area contributed by atoms with E-state index in [2.05, 4.69) is 33.2 Å². The molecular weight excluding hydrogens is 423 g/mol. The van der Waals surface area contributed by atoms with E-state index in [1.165, 1.54) is 6.26 Å². The van der Waals surface area contributed by atoms with E-state index >= 15 is 0 Å². The zero-order valence-corrected chi connectivity index (χ0v) is 14.6. The monoisotopic (exact) mass is 436 g/mol. The molecule has 0 unspecified atom stereocenters. The number of hydrogen-bond donors (Lipinski definition) is 2. The van der Waals surface area contributed by atoms with Gasteiger partial charge in [-0.3, -0.25) is 9.59 Å². The van der Waals surface area contributed by atoms with E-state index in [1.54, 1.807) is 42.7 Å². The van der Waals surface area contributed by atoms with Crippen LogP contribution in [0.15, 0.2) is 63.8 Å². The van der Waals surface area contributed by atoms with Crippen molar-refractivity contribution < 1.29 is 18.4 Å². The number of carbonyl (C=O) groups excluding carboxylic acids is 2. The Morgan fingerprint density at radius 1 is 1.00 bits per heavy atom. The van der Waals surface area contributed by atoms with Crippen molar-refractivity contribution in [3.63, 3.8) is 0 Å². The Balaban J connectivity index is 1.77. The second-order valence-corrected chi connectivity index (χ2v) is 6.13. The molecule has 0 bridgehead atoms. The summed E-state index contributed by atoms with van der Waals surface area (Å²) in [5.74, 6) is 0.103. The van der Waals surface area contributed by atoms with Crippen LogP contribution in [0.4, 0.5) is 5.69 Å². The van der Waals surface area contributed by atoms with Gasteiger partial charge < -0.3 is 19.5 Å². The molecule has 0 fully saturated rings. The van der Waals surface area contributed by atoms with Crippen LogP contribution in [0.1, 0.15) is 26.7 Å². The van der Waals surface area contributed by atoms with Crippen LogP contribution in [0, 0.1) is 3.57 Å². The zero-order valence-electron chi connectivity index (χ0n) is 12.4. The lowest BCUT2D eigenvalue weighted by molar-refractivity contribution is 0.0949. The Morgan fingerprint density at radius 2 is 1.79 bits per heavy atom. The molecule has 2 heterocycles. The Morgan fingerprint density at radius 3 is 2.50 bits per heavy atom. The van der Waals surface area contributed by atoms with Gasteiger partial charge >= 0.3 is 0 Å². The minimum Gasteiger partial charge on any atom is -0.467 e. The minimum absolute atomic E-state index is 0.176. The van der Waals surface area contributed by atoms with E-state index in [0.29, 0.717) is 17.0 Å². The second kappa shape index (κ2) is 7.35. The normalized spacial score (nSPS) is 10.4. The number of rotatable bonds is 5. The van der Waals surface area contributed by atoms with Gasteiger partial charge in [0, 0.05) is 3.57 Å². The maximum absolute atomic E-state index is 12.5. The van der Waals surface area contributed by atoms with Crippen LogP contribution < -0.4 is 10.6 Å². The molecular formula is C17H13IN2O4. The average molecular weight is 436 g/mol. The molecule has 0 saturated heterocycles. The first-order valence-corrected chi connectivity index (χ1v) is 8.16. The predicted octanol–water partition coefficient (Wildman–Crippen LogP) is 3.66. The lowest BCUT2D eigenvalue weighted by Gasteiger charge is -2.11. The molecule has 0 spiro atoms. The first kappa shape index (κ1) is 16.3. The van der Waals surface area contributed by atoms with Gasteiger partial charge in [0.1, 0.15) is 5.76 Å². The third-order valence-corrected chi connectivity index (χ3v) is 3.89. The highest BCUT2D eigenvalue weighted by molar-refractivity contribution is 14.1. The summed E-state index contributed by atoms with van der Waals surface area (Å²) < 4.78 is 11.1. The van der Waals surface area contributed by atoms with Gasteiger partial charge in [-0.1, -0.05) is 0 Å². The first-order chi connectivity index (χ1) is 11.6. The summed E-state index contributed by atoms with van der Waals surface area (Å²) in [6, 6.07) is 11.9. The summed E-state index contributed by atoms with van der Waals surface area (Å²) in [5, 5.41) is 5.46. The van der Waals surface area contributed by atoms with Crippen molar-refractivity contribution >= 4 is 40.1 Å². The van der Waals surface area contributed by atoms with Crippen molar-refractivity contribution in [2.75, 3.05) is 5.32 Å². The molecule has 7 heteroatoms. The standard InChI is InChI=1S/C17H13IN2O4/c18-11-5-6-14(20-17(22)15-4-2-8-24-15)13(9-11)16(21)19-10-12-3-1-7-23-12/h1-9H,10H2,(H,19,21)(H,20,22). The number of hydrogen-bond acceptors (Lipinski definition) is 4. The minimum atomic E-state index is -0.415. The van der Waals surface area contributed by atoms with E-state index in [0.717, 1.165) is 3.57 Å². The molecule has 6 nitrogen and oxygen atoms in total. The lowest BCUT2D eigenvalue weighted by Crippen LogP contribution is -2.24. The van der Waals surface area contributed by atoms with E-state index < -0.39 is 5.91 Å². The van der Waals surface area contributed by atoms with E-state index in [1.807, 2.05) is 6.07 Å². The summed E-state index contributed by atoms with van der Waals surface area (Å²) in [5.41, 5.74) is 0.780. The highest BCUT2D eigenvalue weighted by Gasteiger charge is 2.16. The molecule has 3 aromatic rings. The molecule has 2 amide bonds. The molecule has 0 radical (unpaired) electrons. The molecule has 0 saturated carbocycles. The highest BCUT2D eigenvalue weighted by atomic mass is 127. The number of halogens is 1. The molecule has 0 atom stereocenters. The molecule has 3 rings (SSSR count). The molecule has 24 heavy (non-hydrogen) atoms. The van der Waals surface area contributed by atoms with Gasteiger partial charge in [-0.15, -0.1) is 0 Å². The van der Waals surface area contributed by atoms with Crippen LogP contribution >= 0.6 is 22.6 Å². The van der Waals surface area contributed by atoms with Crippen molar-refractivity contribution in [3.05, 3.63) is 75.6 Å². The van der Waals surface area contributed by atoms with Crippen molar-refractivity contribution in [1.29, 1.82) is 0 Å². The number of amides is 2. The Hall–Kier alpha value is -2.55. The van der Waals surface area contributed by atoms with Crippen LogP contribution in [0.5, 0.6) is 0 Å². The van der Waals surface area contributed by atoms with Crippen LogP contribution in [0.25, 0.3) is 0 Å². The predicted molar refractivity (Wildman–Crippen MR) is 95.7 cm³/mol. The molecule has 0 aliphatic carbocycles. The average Bonchev–Trinajstić information content (AvgIpc) is 3.27. The van der Waals surface area contributed by atoms with Crippen molar-refractivity contribution in [1.82, 2.24) is 5.32 Å². The summed E-state index contributed by atoms with van der Waals surface area (Å²) in [6.07, 6.45) is 2.96. The Labute approximate surface area is 151 Å².